The SMILES string of the molecule is CCOCCN(C)S(=O)(=O)c1ccc(CC)c(CCl)c1. The highest BCUT2D eigenvalue weighted by Crippen LogP contribution is 2.20. The van der Waals surface area contributed by atoms with Crippen LogP contribution < -0.4 is 0 Å². The quantitative estimate of drug-likeness (QED) is 0.546. The van der Waals surface area contributed by atoms with Crippen LogP contribution in [-0.2, 0) is 27.1 Å². The second kappa shape index (κ2) is 7.98. The third kappa shape index (κ3) is 4.19. The Balaban J connectivity index is 2.97. The van der Waals surface area contributed by atoms with Crippen LogP contribution >= 0.6 is 11.6 Å². The molecular weight excluding hydrogens is 298 g/mol. The molecular formula is C14H22ClNO3S. The van der Waals surface area contributed by atoms with Crippen LogP contribution in [0.4, 0.5) is 0 Å². The molecule has 1 rings (SSSR count). The summed E-state index contributed by atoms with van der Waals surface area (Å²) in [7, 11) is -1.92. The molecule has 6 heteroatoms. The van der Waals surface area contributed by atoms with E-state index in [0.29, 0.717) is 25.6 Å². The number of halogens is 1. The number of benzene rings is 1. The first-order valence-electron chi connectivity index (χ1n) is 6.69. The maximum absolute atomic E-state index is 12.4. The summed E-state index contributed by atoms with van der Waals surface area (Å²) >= 11 is 5.89. The van der Waals surface area contributed by atoms with Gasteiger partial charge < -0.3 is 4.74 Å². The summed E-state index contributed by atoms with van der Waals surface area (Å²) in [6.45, 7) is 5.21. The first-order valence-corrected chi connectivity index (χ1v) is 8.66. The number of likely N-dealkylation sites (N-methyl/N-ethyl adjacent to an activating group) is 1. The molecule has 0 unspecified atom stereocenters. The van der Waals surface area contributed by atoms with Crippen LogP contribution in [-0.4, -0.2) is 39.5 Å². The van der Waals surface area contributed by atoms with Crippen LogP contribution in [0.1, 0.15) is 25.0 Å². The van der Waals surface area contributed by atoms with Crippen molar-refractivity contribution in [2.24, 2.45) is 0 Å². The molecule has 0 saturated heterocycles. The van der Waals surface area contributed by atoms with Gasteiger partial charge in [-0.05, 0) is 36.6 Å². The van der Waals surface area contributed by atoms with E-state index in [-0.39, 0.29) is 4.90 Å². The van der Waals surface area contributed by atoms with Gasteiger partial charge in [0.25, 0.3) is 0 Å². The number of sulfonamides is 1. The van der Waals surface area contributed by atoms with E-state index < -0.39 is 10.0 Å². The van der Waals surface area contributed by atoms with E-state index in [1.807, 2.05) is 19.9 Å². The van der Waals surface area contributed by atoms with E-state index in [2.05, 4.69) is 0 Å². The molecule has 0 radical (unpaired) electrons. The standard InChI is InChI=1S/C14H22ClNO3S/c1-4-12-6-7-14(10-13(12)11-15)20(17,18)16(3)8-9-19-5-2/h6-7,10H,4-5,8-9,11H2,1-3H3. The predicted octanol–water partition coefficient (Wildman–Crippen LogP) is 2.64. The number of rotatable bonds is 8. The summed E-state index contributed by atoms with van der Waals surface area (Å²) in [5, 5.41) is 0. The average molecular weight is 320 g/mol. The molecule has 0 aliphatic carbocycles. The second-order valence-electron chi connectivity index (χ2n) is 4.44. The van der Waals surface area contributed by atoms with Gasteiger partial charge in [-0.3, -0.25) is 0 Å². The molecule has 0 aliphatic heterocycles. The van der Waals surface area contributed by atoms with E-state index in [0.717, 1.165) is 17.5 Å². The lowest BCUT2D eigenvalue weighted by Gasteiger charge is -2.18. The largest absolute Gasteiger partial charge is 0.380 e. The Morgan fingerprint density at radius 1 is 1.25 bits per heavy atom. The highest BCUT2D eigenvalue weighted by Gasteiger charge is 2.21. The zero-order valence-corrected chi connectivity index (χ0v) is 13.8. The van der Waals surface area contributed by atoms with Gasteiger partial charge in [0.1, 0.15) is 0 Å². The Kier molecular flexibility index (Phi) is 6.95. The van der Waals surface area contributed by atoms with Gasteiger partial charge in [-0.1, -0.05) is 13.0 Å². The molecule has 1 aromatic rings. The maximum Gasteiger partial charge on any atom is 0.242 e. The summed E-state index contributed by atoms with van der Waals surface area (Å²) in [6, 6.07) is 5.14. The van der Waals surface area contributed by atoms with Gasteiger partial charge >= 0.3 is 0 Å². The minimum Gasteiger partial charge on any atom is -0.380 e. The van der Waals surface area contributed by atoms with Crippen LogP contribution in [0.2, 0.25) is 0 Å². The van der Waals surface area contributed by atoms with Crippen molar-refractivity contribution in [1.29, 1.82) is 0 Å². The van der Waals surface area contributed by atoms with E-state index in [9.17, 15) is 8.42 Å². The number of nitrogens with zero attached hydrogens (tertiary/aromatic N) is 1. The maximum atomic E-state index is 12.4. The van der Waals surface area contributed by atoms with Gasteiger partial charge in [0.2, 0.25) is 10.0 Å². The van der Waals surface area contributed by atoms with Crippen LogP contribution in [0.5, 0.6) is 0 Å². The predicted molar refractivity (Wildman–Crippen MR) is 81.7 cm³/mol. The summed E-state index contributed by atoms with van der Waals surface area (Å²) in [6.07, 6.45) is 0.836. The van der Waals surface area contributed by atoms with E-state index in [1.165, 1.54) is 4.31 Å². The Hall–Kier alpha value is -0.620. The van der Waals surface area contributed by atoms with Gasteiger partial charge in [0.15, 0.2) is 0 Å². The first kappa shape index (κ1) is 17.4. The molecule has 1 aromatic carbocycles. The number of hydrogen-bond donors (Lipinski definition) is 0. The van der Waals surface area contributed by atoms with E-state index >= 15 is 0 Å². The lowest BCUT2D eigenvalue weighted by Crippen LogP contribution is -2.30. The number of ether oxygens (including phenoxy) is 1. The zero-order chi connectivity index (χ0) is 15.2. The third-order valence-electron chi connectivity index (χ3n) is 3.17. The zero-order valence-electron chi connectivity index (χ0n) is 12.2. The summed E-state index contributed by atoms with van der Waals surface area (Å²) < 4.78 is 31.3. The Labute approximate surface area is 126 Å². The fraction of sp³-hybridized carbons (Fsp3) is 0.571. The molecule has 20 heavy (non-hydrogen) atoms. The molecule has 0 bridgehead atoms. The molecule has 0 N–H and O–H groups in total. The highest BCUT2D eigenvalue weighted by atomic mass is 35.5. The summed E-state index contributed by atoms with van der Waals surface area (Å²) in [5.41, 5.74) is 1.95. The topological polar surface area (TPSA) is 46.6 Å². The van der Waals surface area contributed by atoms with Crippen molar-refractivity contribution in [2.75, 3.05) is 26.8 Å². The fourth-order valence-electron chi connectivity index (χ4n) is 1.87. The lowest BCUT2D eigenvalue weighted by atomic mass is 10.1. The van der Waals surface area contributed by atoms with Crippen LogP contribution in [0.3, 0.4) is 0 Å². The molecule has 0 spiro atoms. The van der Waals surface area contributed by atoms with Crippen LogP contribution in [0, 0.1) is 0 Å². The van der Waals surface area contributed by atoms with Gasteiger partial charge in [-0.2, -0.15) is 4.31 Å². The Bertz CT molecular complexity index is 531. The molecule has 0 aromatic heterocycles. The monoisotopic (exact) mass is 319 g/mol. The number of aryl methyl sites for hydroxylation is 1. The molecule has 0 heterocycles. The highest BCUT2D eigenvalue weighted by molar-refractivity contribution is 7.89. The van der Waals surface area contributed by atoms with Crippen LogP contribution in [0.15, 0.2) is 23.1 Å². The third-order valence-corrected chi connectivity index (χ3v) is 5.31. The van der Waals surface area contributed by atoms with E-state index in [4.69, 9.17) is 16.3 Å². The van der Waals surface area contributed by atoms with Gasteiger partial charge in [-0.25, -0.2) is 8.42 Å². The molecule has 4 nitrogen and oxygen atoms in total. The molecule has 0 aliphatic rings. The van der Waals surface area contributed by atoms with Crippen molar-refractivity contribution in [2.45, 2.75) is 31.0 Å². The molecule has 0 saturated carbocycles. The minimum absolute atomic E-state index is 0.282. The fourth-order valence-corrected chi connectivity index (χ4v) is 3.32. The van der Waals surface area contributed by atoms with Crippen molar-refractivity contribution in [3.63, 3.8) is 0 Å². The number of alkyl halides is 1. The van der Waals surface area contributed by atoms with Crippen molar-refractivity contribution < 1.29 is 13.2 Å². The van der Waals surface area contributed by atoms with Gasteiger partial charge in [-0.15, -0.1) is 11.6 Å². The minimum atomic E-state index is -3.48. The smallest absolute Gasteiger partial charge is 0.242 e. The average Bonchev–Trinajstić information content (AvgIpc) is 2.46. The van der Waals surface area contributed by atoms with Crippen molar-refractivity contribution >= 4 is 21.6 Å². The van der Waals surface area contributed by atoms with Crippen LogP contribution in [0.25, 0.3) is 0 Å². The molecule has 0 amide bonds. The summed E-state index contributed by atoms with van der Waals surface area (Å²) in [5.74, 6) is 0.315. The van der Waals surface area contributed by atoms with Gasteiger partial charge in [0.05, 0.1) is 11.5 Å². The van der Waals surface area contributed by atoms with Crippen molar-refractivity contribution in [3.8, 4) is 0 Å². The number of hydrogen-bond acceptors (Lipinski definition) is 3. The van der Waals surface area contributed by atoms with Crippen molar-refractivity contribution in [3.05, 3.63) is 29.3 Å². The van der Waals surface area contributed by atoms with E-state index in [1.54, 1.807) is 19.2 Å². The Morgan fingerprint density at radius 3 is 2.50 bits per heavy atom. The second-order valence-corrected chi connectivity index (χ2v) is 6.75. The first-order chi connectivity index (χ1) is 9.47. The molecule has 0 fully saturated rings. The Morgan fingerprint density at radius 2 is 1.95 bits per heavy atom. The summed E-state index contributed by atoms with van der Waals surface area (Å²) in [4.78, 5) is 0.282. The lowest BCUT2D eigenvalue weighted by molar-refractivity contribution is 0.138. The molecule has 0 atom stereocenters. The van der Waals surface area contributed by atoms with Crippen molar-refractivity contribution in [1.82, 2.24) is 4.31 Å². The normalized spacial score (nSPS) is 12.1. The molecule has 114 valence electrons. The van der Waals surface area contributed by atoms with Gasteiger partial charge in [0, 0.05) is 26.1 Å².